The van der Waals surface area contributed by atoms with Crippen molar-refractivity contribution in [3.05, 3.63) is 47.2 Å². The van der Waals surface area contributed by atoms with E-state index >= 15 is 0 Å². The summed E-state index contributed by atoms with van der Waals surface area (Å²) in [6.45, 7) is 3.18. The molecule has 4 nitrogen and oxygen atoms in total. The molecule has 7 rings (SSSR count). The summed E-state index contributed by atoms with van der Waals surface area (Å²) in [7, 11) is 0. The average Bonchev–Trinajstić information content (AvgIpc) is 3.38. The van der Waals surface area contributed by atoms with Crippen LogP contribution >= 0.6 is 23.1 Å². The topological polar surface area (TPSA) is 43.6 Å². The van der Waals surface area contributed by atoms with Gasteiger partial charge < -0.3 is 4.57 Å². The lowest BCUT2D eigenvalue weighted by Gasteiger charge is -2.56. The molecule has 6 heteroatoms. The minimum atomic E-state index is 0.510. The third-order valence-corrected chi connectivity index (χ3v) is 9.67. The van der Waals surface area contributed by atoms with Crippen LogP contribution in [0, 0.1) is 23.2 Å². The second kappa shape index (κ2) is 8.04. The molecule has 1 aromatic carbocycles. The van der Waals surface area contributed by atoms with Crippen molar-refractivity contribution in [3.63, 3.8) is 0 Å². The van der Waals surface area contributed by atoms with Gasteiger partial charge in [-0.25, -0.2) is 4.98 Å². The highest BCUT2D eigenvalue weighted by Crippen LogP contribution is 2.61. The zero-order valence-corrected chi connectivity index (χ0v) is 19.8. The zero-order valence-electron chi connectivity index (χ0n) is 18.2. The van der Waals surface area contributed by atoms with Gasteiger partial charge in [-0.15, -0.1) is 21.5 Å². The Hall–Kier alpha value is -1.66. The predicted octanol–water partition coefficient (Wildman–Crippen LogP) is 6.47. The molecule has 0 amide bonds. The van der Waals surface area contributed by atoms with E-state index < -0.39 is 0 Å². The molecule has 0 aliphatic heterocycles. The van der Waals surface area contributed by atoms with Crippen LogP contribution in [0.25, 0.3) is 10.6 Å². The number of thiazole rings is 1. The fourth-order valence-electron chi connectivity index (χ4n) is 6.94. The van der Waals surface area contributed by atoms with Crippen molar-refractivity contribution in [2.24, 2.45) is 23.2 Å². The zero-order chi connectivity index (χ0) is 20.8. The largest absolute Gasteiger partial charge is 0.306 e. The second-order valence-electron chi connectivity index (χ2n) is 10.0. The number of hydrogen-bond donors (Lipinski definition) is 0. The molecular formula is C25H30N4S2. The molecule has 0 spiro atoms. The van der Waals surface area contributed by atoms with Crippen LogP contribution in [0.5, 0.6) is 0 Å². The average molecular weight is 451 g/mol. The van der Waals surface area contributed by atoms with Gasteiger partial charge in [-0.3, -0.25) is 0 Å². The normalized spacial score (nSPS) is 29.0. The summed E-state index contributed by atoms with van der Waals surface area (Å²) in [4.78, 5) is 4.85. The molecule has 0 unspecified atom stereocenters. The molecule has 0 N–H and O–H groups in total. The summed E-state index contributed by atoms with van der Waals surface area (Å²) in [5.74, 6) is 5.03. The van der Waals surface area contributed by atoms with Crippen molar-refractivity contribution in [3.8, 4) is 10.6 Å². The first-order chi connectivity index (χ1) is 15.2. The van der Waals surface area contributed by atoms with Gasteiger partial charge in [0.15, 0.2) is 5.16 Å². The quantitative estimate of drug-likeness (QED) is 0.387. The molecule has 4 saturated carbocycles. The Bertz CT molecular complexity index is 1020. The number of thioether (sulfide) groups is 1. The van der Waals surface area contributed by atoms with Crippen molar-refractivity contribution in [1.82, 2.24) is 19.7 Å². The number of aromatic nitrogens is 4. The minimum absolute atomic E-state index is 0.510. The van der Waals surface area contributed by atoms with Gasteiger partial charge in [-0.05, 0) is 68.6 Å². The molecule has 4 aliphatic carbocycles. The van der Waals surface area contributed by atoms with Gasteiger partial charge in [0.25, 0.3) is 0 Å². The summed E-state index contributed by atoms with van der Waals surface area (Å²) < 4.78 is 2.37. The van der Waals surface area contributed by atoms with Gasteiger partial charge in [0.2, 0.25) is 0 Å². The van der Waals surface area contributed by atoms with Crippen LogP contribution < -0.4 is 0 Å². The van der Waals surface area contributed by atoms with Gasteiger partial charge in [-0.2, -0.15) is 0 Å². The third kappa shape index (κ3) is 3.86. The van der Waals surface area contributed by atoms with Crippen LogP contribution in [0.3, 0.4) is 0 Å². The van der Waals surface area contributed by atoms with Crippen molar-refractivity contribution in [1.29, 1.82) is 0 Å². The van der Waals surface area contributed by atoms with Crippen LogP contribution in [0.2, 0.25) is 0 Å². The van der Waals surface area contributed by atoms with Crippen LogP contribution in [0.15, 0.2) is 40.9 Å². The third-order valence-electron chi connectivity index (χ3n) is 7.73. The summed E-state index contributed by atoms with van der Waals surface area (Å²) in [6, 6.07) is 10.4. The molecule has 2 aromatic heterocycles. The predicted molar refractivity (Wildman–Crippen MR) is 127 cm³/mol. The van der Waals surface area contributed by atoms with Gasteiger partial charge in [0.05, 0.1) is 5.69 Å². The van der Waals surface area contributed by atoms with E-state index in [0.717, 1.165) is 52.3 Å². The highest BCUT2D eigenvalue weighted by atomic mass is 32.2. The first-order valence-electron chi connectivity index (χ1n) is 11.7. The molecule has 31 heavy (non-hydrogen) atoms. The molecular weight excluding hydrogens is 420 g/mol. The lowest BCUT2D eigenvalue weighted by Crippen LogP contribution is -2.47. The van der Waals surface area contributed by atoms with E-state index in [1.54, 1.807) is 23.1 Å². The number of nitrogens with zero attached hydrogens (tertiary/aromatic N) is 4. The Morgan fingerprint density at radius 1 is 1.03 bits per heavy atom. The summed E-state index contributed by atoms with van der Waals surface area (Å²) in [6.07, 6.45) is 9.92. The monoisotopic (exact) mass is 450 g/mol. The Morgan fingerprint density at radius 2 is 1.74 bits per heavy atom. The second-order valence-corrected chi connectivity index (χ2v) is 11.8. The first kappa shape index (κ1) is 20.0. The molecule has 4 bridgehead atoms. The van der Waals surface area contributed by atoms with E-state index in [1.165, 1.54) is 49.9 Å². The lowest BCUT2D eigenvalue weighted by atomic mass is 9.49. The maximum Gasteiger partial charge on any atom is 0.191 e. The van der Waals surface area contributed by atoms with Crippen LogP contribution in [-0.4, -0.2) is 19.7 Å². The van der Waals surface area contributed by atoms with Crippen LogP contribution in [0.1, 0.15) is 57.0 Å². The van der Waals surface area contributed by atoms with Crippen molar-refractivity contribution >= 4 is 23.1 Å². The fraction of sp³-hybridized carbons (Fsp3) is 0.560. The SMILES string of the molecule is CCn1c(CC23CC4CC(CC(C4)C2)C3)nnc1SCc1csc(-c2ccccc2)n1. The molecule has 0 radical (unpaired) electrons. The number of rotatable bonds is 7. The number of benzene rings is 1. The van der Waals surface area contributed by atoms with Gasteiger partial charge in [-0.1, -0.05) is 42.1 Å². The Balaban J connectivity index is 1.16. The molecule has 0 saturated heterocycles. The van der Waals surface area contributed by atoms with Crippen LogP contribution in [0.4, 0.5) is 0 Å². The van der Waals surface area contributed by atoms with E-state index in [9.17, 15) is 0 Å². The fourth-order valence-corrected chi connectivity index (χ4v) is 8.79. The van der Waals surface area contributed by atoms with E-state index in [1.807, 2.05) is 6.07 Å². The van der Waals surface area contributed by atoms with Crippen molar-refractivity contribution < 1.29 is 0 Å². The summed E-state index contributed by atoms with van der Waals surface area (Å²) >= 11 is 3.50. The number of hydrogen-bond acceptors (Lipinski definition) is 5. The highest BCUT2D eigenvalue weighted by Gasteiger charge is 2.51. The standard InChI is InChI=1S/C25H30N4S2/c1-2-29-22(14-25-11-17-8-18(12-25)10-19(9-17)13-25)27-28-24(29)31-16-21-15-30-23(26-21)20-6-4-3-5-7-20/h3-7,15,17-19H,2,8-14,16H2,1H3. The Kier molecular flexibility index (Phi) is 5.18. The van der Waals surface area contributed by atoms with Crippen molar-refractivity contribution in [2.45, 2.75) is 69.3 Å². The molecule has 3 aromatic rings. The molecule has 162 valence electrons. The molecule has 4 aliphatic rings. The van der Waals surface area contributed by atoms with Gasteiger partial charge in [0, 0.05) is 29.7 Å². The highest BCUT2D eigenvalue weighted by molar-refractivity contribution is 7.98. The lowest BCUT2D eigenvalue weighted by molar-refractivity contribution is -0.0536. The van der Waals surface area contributed by atoms with E-state index in [2.05, 4.69) is 46.2 Å². The smallest absolute Gasteiger partial charge is 0.191 e. The van der Waals surface area contributed by atoms with E-state index in [4.69, 9.17) is 10.1 Å². The van der Waals surface area contributed by atoms with Crippen LogP contribution in [-0.2, 0) is 18.7 Å². The Labute approximate surface area is 192 Å². The summed E-state index contributed by atoms with van der Waals surface area (Å²) in [5.41, 5.74) is 2.83. The minimum Gasteiger partial charge on any atom is -0.306 e. The molecule has 2 heterocycles. The molecule has 0 atom stereocenters. The van der Waals surface area contributed by atoms with Gasteiger partial charge >= 0.3 is 0 Å². The van der Waals surface area contributed by atoms with E-state index in [-0.39, 0.29) is 0 Å². The van der Waals surface area contributed by atoms with E-state index in [0.29, 0.717) is 5.41 Å². The van der Waals surface area contributed by atoms with Gasteiger partial charge in [0.1, 0.15) is 10.8 Å². The maximum absolute atomic E-state index is 4.85. The maximum atomic E-state index is 4.85. The molecule has 4 fully saturated rings. The van der Waals surface area contributed by atoms with Crippen molar-refractivity contribution in [2.75, 3.05) is 0 Å². The first-order valence-corrected chi connectivity index (χ1v) is 13.6. The Morgan fingerprint density at radius 3 is 2.42 bits per heavy atom. The summed E-state index contributed by atoms with van der Waals surface area (Å²) in [5, 5.41) is 13.6.